The molecule has 1 fully saturated rings. The first kappa shape index (κ1) is 21.7. The van der Waals surface area contributed by atoms with Crippen molar-refractivity contribution in [1.29, 1.82) is 0 Å². The average molecular weight is 465 g/mol. The molecule has 1 aliphatic rings. The van der Waals surface area contributed by atoms with Crippen molar-refractivity contribution in [3.8, 4) is 5.75 Å². The quantitative estimate of drug-likeness (QED) is 0.413. The van der Waals surface area contributed by atoms with E-state index >= 15 is 0 Å². The third-order valence-corrected chi connectivity index (χ3v) is 5.89. The number of thiocarbonyl (C=S) groups is 1. The number of hydrogen-bond donors (Lipinski definition) is 1. The minimum atomic E-state index is -0.437. The molecule has 0 saturated carbocycles. The molecule has 3 aromatic rings. The fraction of sp³-hybridized carbons (Fsp3) is 0.0417. The zero-order valence-corrected chi connectivity index (χ0v) is 18.3. The van der Waals surface area contributed by atoms with Crippen LogP contribution in [0.25, 0.3) is 6.08 Å². The topological polar surface area (TPSA) is 58.6 Å². The number of nitrogens with one attached hydrogen (secondary N) is 1. The van der Waals surface area contributed by atoms with Gasteiger partial charge in [0.2, 0.25) is 0 Å². The molecule has 0 aliphatic carbocycles. The van der Waals surface area contributed by atoms with E-state index in [1.165, 1.54) is 6.07 Å². The standard InChI is InChI=1S/C24H17FN2O3S2/c25-19-12-6-4-11-18(19)15-30-20-13-7-5-10-17(20)14-21-23(29)27(24(31)32-21)26-22(28)16-8-2-1-3-9-16/h1-14H,15H2,(H,26,28)/b21-14+. The highest BCUT2D eigenvalue weighted by molar-refractivity contribution is 8.26. The van der Waals surface area contributed by atoms with Crippen molar-refractivity contribution < 1.29 is 18.7 Å². The zero-order valence-electron chi connectivity index (χ0n) is 16.7. The van der Waals surface area contributed by atoms with Gasteiger partial charge in [0, 0.05) is 16.7 Å². The second kappa shape index (κ2) is 9.76. The second-order valence-corrected chi connectivity index (χ2v) is 8.42. The van der Waals surface area contributed by atoms with Crippen LogP contribution in [0.2, 0.25) is 0 Å². The maximum atomic E-state index is 13.9. The van der Waals surface area contributed by atoms with Crippen molar-refractivity contribution in [2.45, 2.75) is 6.61 Å². The molecule has 3 aromatic carbocycles. The van der Waals surface area contributed by atoms with Crippen molar-refractivity contribution >= 4 is 46.2 Å². The first-order chi connectivity index (χ1) is 15.5. The summed E-state index contributed by atoms with van der Waals surface area (Å²) < 4.78 is 19.9. The minimum Gasteiger partial charge on any atom is -0.488 e. The summed E-state index contributed by atoms with van der Waals surface area (Å²) >= 11 is 6.36. The summed E-state index contributed by atoms with van der Waals surface area (Å²) in [6, 6.07) is 22.1. The van der Waals surface area contributed by atoms with E-state index in [0.717, 1.165) is 16.8 Å². The molecule has 1 heterocycles. The van der Waals surface area contributed by atoms with Crippen LogP contribution in [0.4, 0.5) is 4.39 Å². The monoisotopic (exact) mass is 464 g/mol. The first-order valence-corrected chi connectivity index (χ1v) is 10.8. The Labute approximate surface area is 193 Å². The summed E-state index contributed by atoms with van der Waals surface area (Å²) in [4.78, 5) is 25.6. The molecule has 32 heavy (non-hydrogen) atoms. The number of amides is 2. The fourth-order valence-electron chi connectivity index (χ4n) is 2.96. The minimum absolute atomic E-state index is 0.0472. The van der Waals surface area contributed by atoms with E-state index in [1.807, 2.05) is 0 Å². The van der Waals surface area contributed by atoms with Crippen molar-refractivity contribution in [3.63, 3.8) is 0 Å². The van der Waals surface area contributed by atoms with Gasteiger partial charge in [-0.1, -0.05) is 66.4 Å². The van der Waals surface area contributed by atoms with Gasteiger partial charge in [-0.05, 0) is 42.6 Å². The molecule has 5 nitrogen and oxygen atoms in total. The van der Waals surface area contributed by atoms with E-state index in [1.54, 1.807) is 78.9 Å². The highest BCUT2D eigenvalue weighted by Crippen LogP contribution is 2.33. The van der Waals surface area contributed by atoms with Gasteiger partial charge in [0.05, 0.1) is 4.91 Å². The lowest BCUT2D eigenvalue weighted by molar-refractivity contribution is -0.123. The maximum absolute atomic E-state index is 13.9. The van der Waals surface area contributed by atoms with Crippen LogP contribution in [0, 0.1) is 5.82 Å². The lowest BCUT2D eigenvalue weighted by Gasteiger charge is -2.15. The summed E-state index contributed by atoms with van der Waals surface area (Å²) in [5.74, 6) is -0.723. The van der Waals surface area contributed by atoms with Crippen molar-refractivity contribution in [3.05, 3.63) is 106 Å². The number of carbonyl (C=O) groups is 2. The Kier molecular flexibility index (Phi) is 6.63. The lowest BCUT2D eigenvalue weighted by Crippen LogP contribution is -2.44. The number of thioether (sulfide) groups is 1. The van der Waals surface area contributed by atoms with Crippen LogP contribution in [-0.4, -0.2) is 21.1 Å². The van der Waals surface area contributed by atoms with Crippen LogP contribution in [0.3, 0.4) is 0 Å². The Morgan fingerprint density at radius 1 is 1.03 bits per heavy atom. The normalized spacial score (nSPS) is 14.7. The number of halogens is 1. The number of carbonyl (C=O) groups excluding carboxylic acids is 2. The third kappa shape index (κ3) is 4.87. The number of hydrogen-bond acceptors (Lipinski definition) is 5. The van der Waals surface area contributed by atoms with Crippen molar-refractivity contribution in [2.75, 3.05) is 0 Å². The molecule has 0 aromatic heterocycles. The number of nitrogens with zero attached hydrogens (tertiary/aromatic N) is 1. The molecule has 0 bridgehead atoms. The number of para-hydroxylation sites is 1. The van der Waals surface area contributed by atoms with Gasteiger partial charge < -0.3 is 4.74 Å². The van der Waals surface area contributed by atoms with Gasteiger partial charge in [0.15, 0.2) is 4.32 Å². The van der Waals surface area contributed by atoms with Crippen LogP contribution < -0.4 is 10.2 Å². The number of benzene rings is 3. The predicted octanol–water partition coefficient (Wildman–Crippen LogP) is 4.95. The molecule has 1 saturated heterocycles. The maximum Gasteiger partial charge on any atom is 0.285 e. The largest absolute Gasteiger partial charge is 0.488 e. The van der Waals surface area contributed by atoms with E-state index in [-0.39, 0.29) is 16.7 Å². The Balaban J connectivity index is 1.50. The molecule has 160 valence electrons. The van der Waals surface area contributed by atoms with E-state index in [9.17, 15) is 14.0 Å². The van der Waals surface area contributed by atoms with Gasteiger partial charge in [-0.2, -0.15) is 5.01 Å². The van der Waals surface area contributed by atoms with Crippen LogP contribution in [0.5, 0.6) is 5.75 Å². The second-order valence-electron chi connectivity index (χ2n) is 6.74. The van der Waals surface area contributed by atoms with Gasteiger partial charge in [-0.3, -0.25) is 15.0 Å². The van der Waals surface area contributed by atoms with Gasteiger partial charge in [-0.15, -0.1) is 0 Å². The molecule has 4 rings (SSSR count). The van der Waals surface area contributed by atoms with Crippen LogP contribution in [0.15, 0.2) is 83.8 Å². The fourth-order valence-corrected chi connectivity index (χ4v) is 4.13. The number of rotatable bonds is 6. The van der Waals surface area contributed by atoms with Gasteiger partial charge >= 0.3 is 0 Å². The lowest BCUT2D eigenvalue weighted by atomic mass is 10.1. The number of hydrazine groups is 1. The molecule has 8 heteroatoms. The summed E-state index contributed by atoms with van der Waals surface area (Å²) in [6.45, 7) is 0.0472. The smallest absolute Gasteiger partial charge is 0.285 e. The summed E-state index contributed by atoms with van der Waals surface area (Å²) in [7, 11) is 0. The summed E-state index contributed by atoms with van der Waals surface area (Å²) in [5.41, 5.74) is 4.03. The van der Waals surface area contributed by atoms with Gasteiger partial charge in [0.25, 0.3) is 11.8 Å². The van der Waals surface area contributed by atoms with E-state index < -0.39 is 11.8 Å². The molecule has 1 N–H and O–H groups in total. The highest BCUT2D eigenvalue weighted by atomic mass is 32.2. The molecule has 0 unspecified atom stereocenters. The molecule has 1 aliphatic heterocycles. The average Bonchev–Trinajstić information content (AvgIpc) is 3.07. The molecule has 0 spiro atoms. The Morgan fingerprint density at radius 3 is 2.50 bits per heavy atom. The predicted molar refractivity (Wildman–Crippen MR) is 126 cm³/mol. The SMILES string of the molecule is O=C(NN1C(=O)/C(=C\c2ccccc2OCc2ccccc2F)SC1=S)c1ccccc1. The van der Waals surface area contributed by atoms with Crippen molar-refractivity contribution in [2.24, 2.45) is 0 Å². The Morgan fingerprint density at radius 2 is 1.72 bits per heavy atom. The van der Waals surface area contributed by atoms with Crippen LogP contribution in [-0.2, 0) is 11.4 Å². The molecular weight excluding hydrogens is 447 g/mol. The van der Waals surface area contributed by atoms with Crippen molar-refractivity contribution in [1.82, 2.24) is 10.4 Å². The highest BCUT2D eigenvalue weighted by Gasteiger charge is 2.34. The van der Waals surface area contributed by atoms with Gasteiger partial charge in [-0.25, -0.2) is 4.39 Å². The summed E-state index contributed by atoms with van der Waals surface area (Å²) in [5, 5.41) is 1.06. The number of ether oxygens (including phenoxy) is 1. The summed E-state index contributed by atoms with van der Waals surface area (Å²) in [6.07, 6.45) is 1.64. The molecular formula is C24H17FN2O3S2. The third-order valence-electron chi connectivity index (χ3n) is 4.59. The Hall–Kier alpha value is -3.49. The van der Waals surface area contributed by atoms with E-state index in [0.29, 0.717) is 27.3 Å². The van der Waals surface area contributed by atoms with Gasteiger partial charge in [0.1, 0.15) is 18.2 Å². The van der Waals surface area contributed by atoms with Crippen LogP contribution in [0.1, 0.15) is 21.5 Å². The zero-order chi connectivity index (χ0) is 22.5. The molecule has 0 radical (unpaired) electrons. The molecule has 2 amide bonds. The van der Waals surface area contributed by atoms with E-state index in [4.69, 9.17) is 17.0 Å². The molecule has 0 atom stereocenters. The Bertz CT molecular complexity index is 1210. The van der Waals surface area contributed by atoms with Crippen LogP contribution >= 0.6 is 24.0 Å². The first-order valence-electron chi connectivity index (χ1n) is 9.62. The van der Waals surface area contributed by atoms with E-state index in [2.05, 4.69) is 5.43 Å².